The van der Waals surface area contributed by atoms with Crippen molar-refractivity contribution in [1.29, 1.82) is 0 Å². The van der Waals surface area contributed by atoms with E-state index in [-0.39, 0.29) is 0 Å². The minimum absolute atomic E-state index is 0.706. The molecular weight excluding hydrogens is 532 g/mol. The van der Waals surface area contributed by atoms with Gasteiger partial charge in [-0.15, -0.1) is 0 Å². The van der Waals surface area contributed by atoms with Gasteiger partial charge in [-0.05, 0) is 60.7 Å². The molecule has 0 saturated heterocycles. The minimum Gasteiger partial charge on any atom is -0.497 e. The van der Waals surface area contributed by atoms with Crippen LogP contribution in [0, 0.1) is 0 Å². The minimum atomic E-state index is 0.706. The van der Waals surface area contributed by atoms with Gasteiger partial charge in [0, 0.05) is 27.8 Å². The molecule has 1 aromatic heterocycles. The summed E-state index contributed by atoms with van der Waals surface area (Å²) in [6.45, 7) is 0. The zero-order chi connectivity index (χ0) is 29.2. The van der Waals surface area contributed by atoms with Gasteiger partial charge in [-0.3, -0.25) is 0 Å². The van der Waals surface area contributed by atoms with E-state index in [4.69, 9.17) is 24.6 Å². The Morgan fingerprint density at radius 1 is 0.512 bits per heavy atom. The fourth-order valence-electron chi connectivity index (χ4n) is 5.31. The molecular formula is C37H28N4O2. The van der Waals surface area contributed by atoms with Crippen LogP contribution in [-0.2, 0) is 0 Å². The predicted octanol–water partition coefficient (Wildman–Crippen LogP) is 8.29. The summed E-state index contributed by atoms with van der Waals surface area (Å²) >= 11 is 0. The van der Waals surface area contributed by atoms with Crippen LogP contribution in [-0.4, -0.2) is 35.3 Å². The highest BCUT2D eigenvalue weighted by molar-refractivity contribution is 6.54. The lowest BCUT2D eigenvalue weighted by atomic mass is 9.98. The highest BCUT2D eigenvalue weighted by atomic mass is 16.5. The van der Waals surface area contributed by atoms with Crippen LogP contribution in [0.2, 0.25) is 0 Å². The molecule has 0 amide bonds. The van der Waals surface area contributed by atoms with E-state index < -0.39 is 0 Å². The average Bonchev–Trinajstić information content (AvgIpc) is 3.45. The summed E-state index contributed by atoms with van der Waals surface area (Å²) in [7, 11) is 3.33. The molecule has 0 atom stereocenters. The molecule has 0 spiro atoms. The Hall–Kier alpha value is -5.75. The van der Waals surface area contributed by atoms with E-state index in [2.05, 4.69) is 30.3 Å². The van der Waals surface area contributed by atoms with Crippen molar-refractivity contribution in [3.8, 4) is 45.4 Å². The molecule has 6 heteroatoms. The SMILES string of the molecule is COc1ccc(C2=Nc3ccccc3-c3nc(-c4ccccc4)c(-c4ccccc4)n3N=C2c2ccc(OC)cc2)cc1. The Kier molecular flexibility index (Phi) is 6.85. The van der Waals surface area contributed by atoms with Crippen molar-refractivity contribution in [2.24, 2.45) is 10.1 Å². The molecule has 0 aliphatic carbocycles. The first kappa shape index (κ1) is 26.2. The second-order valence-electron chi connectivity index (χ2n) is 10.1. The third-order valence-electron chi connectivity index (χ3n) is 7.48. The Labute approximate surface area is 250 Å². The second kappa shape index (κ2) is 11.3. The average molecular weight is 561 g/mol. The van der Waals surface area contributed by atoms with E-state index in [1.54, 1.807) is 14.2 Å². The van der Waals surface area contributed by atoms with Crippen LogP contribution < -0.4 is 9.47 Å². The van der Waals surface area contributed by atoms with Gasteiger partial charge in [0.2, 0.25) is 0 Å². The predicted molar refractivity (Wildman–Crippen MR) is 173 cm³/mol. The lowest BCUT2D eigenvalue weighted by Gasteiger charge is -2.18. The number of rotatable bonds is 6. The molecule has 6 nitrogen and oxygen atoms in total. The molecule has 5 aromatic carbocycles. The van der Waals surface area contributed by atoms with E-state index in [1.807, 2.05) is 108 Å². The van der Waals surface area contributed by atoms with E-state index in [9.17, 15) is 0 Å². The smallest absolute Gasteiger partial charge is 0.164 e. The topological polar surface area (TPSA) is 61.0 Å². The number of methoxy groups -OCH3 is 2. The van der Waals surface area contributed by atoms with Crippen molar-refractivity contribution in [2.45, 2.75) is 0 Å². The molecule has 2 heterocycles. The van der Waals surface area contributed by atoms with Gasteiger partial charge in [0.1, 0.15) is 22.9 Å². The summed E-state index contributed by atoms with van der Waals surface area (Å²) in [6.07, 6.45) is 0. The first-order valence-electron chi connectivity index (χ1n) is 14.0. The first-order valence-corrected chi connectivity index (χ1v) is 14.0. The Morgan fingerprint density at radius 2 is 1.05 bits per heavy atom. The number of imidazole rings is 1. The zero-order valence-electron chi connectivity index (χ0n) is 23.8. The maximum absolute atomic E-state index is 5.47. The van der Waals surface area contributed by atoms with E-state index in [0.717, 1.165) is 67.9 Å². The van der Waals surface area contributed by atoms with Crippen molar-refractivity contribution in [3.05, 3.63) is 145 Å². The van der Waals surface area contributed by atoms with Gasteiger partial charge >= 0.3 is 0 Å². The summed E-state index contributed by atoms with van der Waals surface area (Å²) in [6, 6.07) is 44.5. The number of aliphatic imine (C=N–C) groups is 1. The molecule has 1 aliphatic heterocycles. The molecule has 208 valence electrons. The Bertz CT molecular complexity index is 1960. The first-order chi connectivity index (χ1) is 21.2. The maximum atomic E-state index is 5.47. The standard InChI is InChI=1S/C37H28N4O2/c1-42-29-21-17-26(18-22-29)33-34(27-19-23-30(43-2)24-20-27)40-41-36(28-13-7-4-8-14-28)35(25-11-5-3-6-12-25)39-37(41)31-15-9-10-16-32(31)38-33/h3-24H,1-2H3. The number of benzene rings is 5. The summed E-state index contributed by atoms with van der Waals surface area (Å²) in [5, 5.41) is 5.41. The van der Waals surface area contributed by atoms with E-state index >= 15 is 0 Å². The molecule has 0 N–H and O–H groups in total. The molecule has 0 unspecified atom stereocenters. The summed E-state index contributed by atoms with van der Waals surface area (Å²) in [4.78, 5) is 10.5. The third kappa shape index (κ3) is 4.89. The number of ether oxygens (including phenoxy) is 2. The quantitative estimate of drug-likeness (QED) is 0.206. The molecule has 0 saturated carbocycles. The van der Waals surface area contributed by atoms with Crippen molar-refractivity contribution in [3.63, 3.8) is 0 Å². The van der Waals surface area contributed by atoms with Gasteiger partial charge in [0.05, 0.1) is 31.3 Å². The summed E-state index contributed by atoms with van der Waals surface area (Å²) < 4.78 is 12.9. The van der Waals surface area contributed by atoms with Crippen LogP contribution in [0.5, 0.6) is 11.5 Å². The number of hydrogen-bond donors (Lipinski definition) is 0. The Balaban J connectivity index is 1.59. The highest BCUT2D eigenvalue weighted by Gasteiger charge is 2.27. The fourth-order valence-corrected chi connectivity index (χ4v) is 5.31. The number of para-hydroxylation sites is 1. The molecule has 0 fully saturated rings. The lowest BCUT2D eigenvalue weighted by Crippen LogP contribution is -2.20. The van der Waals surface area contributed by atoms with Crippen molar-refractivity contribution >= 4 is 17.1 Å². The van der Waals surface area contributed by atoms with E-state index in [0.29, 0.717) is 5.71 Å². The summed E-state index contributed by atoms with van der Waals surface area (Å²) in [5.41, 5.74) is 8.73. The third-order valence-corrected chi connectivity index (χ3v) is 7.48. The highest BCUT2D eigenvalue weighted by Crippen LogP contribution is 2.40. The normalized spacial score (nSPS) is 12.2. The van der Waals surface area contributed by atoms with Crippen molar-refractivity contribution < 1.29 is 9.47 Å². The largest absolute Gasteiger partial charge is 0.497 e. The van der Waals surface area contributed by atoms with Crippen LogP contribution in [0.4, 0.5) is 5.69 Å². The van der Waals surface area contributed by atoms with Crippen LogP contribution in [0.25, 0.3) is 33.9 Å². The molecule has 1 aliphatic rings. The number of fused-ring (bicyclic) bond motifs is 3. The molecule has 0 radical (unpaired) electrons. The van der Waals surface area contributed by atoms with Crippen molar-refractivity contribution in [1.82, 2.24) is 9.66 Å². The number of aromatic nitrogens is 2. The fraction of sp³-hybridized carbons (Fsp3) is 0.0541. The zero-order valence-corrected chi connectivity index (χ0v) is 23.8. The van der Waals surface area contributed by atoms with Crippen LogP contribution in [0.1, 0.15) is 11.1 Å². The molecule has 43 heavy (non-hydrogen) atoms. The molecule has 6 aromatic rings. The second-order valence-corrected chi connectivity index (χ2v) is 10.1. The van der Waals surface area contributed by atoms with Gasteiger partial charge in [0.15, 0.2) is 5.82 Å². The molecule has 0 bridgehead atoms. The van der Waals surface area contributed by atoms with Gasteiger partial charge in [0.25, 0.3) is 0 Å². The molecule has 7 rings (SSSR count). The maximum Gasteiger partial charge on any atom is 0.164 e. The van der Waals surface area contributed by atoms with Crippen LogP contribution in [0.15, 0.2) is 144 Å². The lowest BCUT2D eigenvalue weighted by molar-refractivity contribution is 0.414. The Morgan fingerprint density at radius 3 is 1.65 bits per heavy atom. The van der Waals surface area contributed by atoms with Crippen molar-refractivity contribution in [2.75, 3.05) is 14.2 Å². The van der Waals surface area contributed by atoms with Gasteiger partial charge < -0.3 is 9.47 Å². The summed E-state index contributed by atoms with van der Waals surface area (Å²) in [5.74, 6) is 2.26. The monoisotopic (exact) mass is 560 g/mol. The van der Waals surface area contributed by atoms with Crippen LogP contribution >= 0.6 is 0 Å². The van der Waals surface area contributed by atoms with E-state index in [1.165, 1.54) is 0 Å². The number of nitrogens with zero attached hydrogens (tertiary/aromatic N) is 4. The van der Waals surface area contributed by atoms with Gasteiger partial charge in [-0.2, -0.15) is 5.10 Å². The number of hydrogen-bond acceptors (Lipinski definition) is 5. The van der Waals surface area contributed by atoms with Gasteiger partial charge in [-0.1, -0.05) is 72.8 Å². The van der Waals surface area contributed by atoms with Crippen LogP contribution in [0.3, 0.4) is 0 Å². The van der Waals surface area contributed by atoms with Gasteiger partial charge in [-0.25, -0.2) is 14.7 Å².